The fourth-order valence-corrected chi connectivity index (χ4v) is 3.83. The maximum Gasteiger partial charge on any atom is 0.522 e. The molecule has 1 aliphatic carbocycles. The molecule has 3 rings (SSSR count). The minimum absolute atomic E-state index is 0.158. The Labute approximate surface area is 174 Å². The number of carbonyl (C=O) groups is 2. The Kier molecular flexibility index (Phi) is 6.74. The summed E-state index contributed by atoms with van der Waals surface area (Å²) in [4.78, 5) is 29.2. The number of aryl methyl sites for hydroxylation is 1. The van der Waals surface area contributed by atoms with Crippen LogP contribution in [-0.4, -0.2) is 46.5 Å². The molecule has 2 amide bonds. The lowest BCUT2D eigenvalue weighted by Crippen LogP contribution is -2.40. The molecule has 1 aromatic heterocycles. The first-order chi connectivity index (χ1) is 14.2. The lowest BCUT2D eigenvalue weighted by molar-refractivity contribution is -0.342. The van der Waals surface area contributed by atoms with Crippen LogP contribution in [-0.2, 0) is 11.2 Å². The van der Waals surface area contributed by atoms with Crippen molar-refractivity contribution in [2.75, 3.05) is 5.32 Å². The van der Waals surface area contributed by atoms with E-state index >= 15 is 0 Å². The number of thiazole rings is 1. The summed E-state index contributed by atoms with van der Waals surface area (Å²) in [7, 11) is 0. The first-order valence-electron chi connectivity index (χ1n) is 9.22. The van der Waals surface area contributed by atoms with Gasteiger partial charge in [0.2, 0.25) is 0 Å². The SMILES string of the molecule is CCc1ccc(C(=O)N[C@H]2C[C@H](OC(F)(F)F)C[C@@H]2O)cc1NC(=O)c1cncs1. The van der Waals surface area contributed by atoms with Crippen molar-refractivity contribution in [1.29, 1.82) is 0 Å². The lowest BCUT2D eigenvalue weighted by atomic mass is 10.1. The van der Waals surface area contributed by atoms with Gasteiger partial charge >= 0.3 is 6.36 Å². The van der Waals surface area contributed by atoms with E-state index in [-0.39, 0.29) is 24.3 Å². The van der Waals surface area contributed by atoms with E-state index in [0.717, 1.165) is 5.56 Å². The third-order valence-electron chi connectivity index (χ3n) is 4.76. The van der Waals surface area contributed by atoms with Crippen molar-refractivity contribution >= 4 is 28.8 Å². The van der Waals surface area contributed by atoms with E-state index in [9.17, 15) is 27.9 Å². The van der Waals surface area contributed by atoms with Crippen LogP contribution in [0.5, 0.6) is 0 Å². The zero-order valence-electron chi connectivity index (χ0n) is 15.9. The topological polar surface area (TPSA) is 101 Å². The van der Waals surface area contributed by atoms with Gasteiger partial charge in [0.1, 0.15) is 4.88 Å². The van der Waals surface area contributed by atoms with Gasteiger partial charge in [-0.2, -0.15) is 0 Å². The number of aromatic nitrogens is 1. The van der Waals surface area contributed by atoms with Gasteiger partial charge in [-0.25, -0.2) is 0 Å². The highest BCUT2D eigenvalue weighted by molar-refractivity contribution is 7.11. The van der Waals surface area contributed by atoms with Gasteiger partial charge in [0.05, 0.1) is 30.0 Å². The predicted octanol–water partition coefficient (Wildman–Crippen LogP) is 3.12. The van der Waals surface area contributed by atoms with E-state index < -0.39 is 30.5 Å². The number of aliphatic hydroxyl groups is 1. The molecule has 1 aliphatic rings. The Hall–Kier alpha value is -2.50. The molecule has 0 radical (unpaired) electrons. The van der Waals surface area contributed by atoms with Crippen molar-refractivity contribution < 1.29 is 32.6 Å². The number of alkyl halides is 3. The van der Waals surface area contributed by atoms with Crippen LogP contribution in [0.4, 0.5) is 18.9 Å². The van der Waals surface area contributed by atoms with Gasteiger partial charge in [0.25, 0.3) is 11.8 Å². The van der Waals surface area contributed by atoms with Crippen LogP contribution in [0, 0.1) is 0 Å². The Balaban J connectivity index is 1.69. The molecule has 0 saturated heterocycles. The molecule has 0 unspecified atom stereocenters. The number of amides is 2. The van der Waals surface area contributed by atoms with Crippen LogP contribution in [0.1, 0.15) is 45.4 Å². The van der Waals surface area contributed by atoms with Crippen molar-refractivity contribution in [1.82, 2.24) is 10.3 Å². The molecular weight excluding hydrogens is 423 g/mol. The van der Waals surface area contributed by atoms with E-state index in [1.807, 2.05) is 6.92 Å². The van der Waals surface area contributed by atoms with Crippen molar-refractivity contribution in [2.45, 2.75) is 50.8 Å². The molecule has 2 aromatic rings. The second-order valence-corrected chi connectivity index (χ2v) is 7.74. The first-order valence-corrected chi connectivity index (χ1v) is 10.1. The molecule has 0 bridgehead atoms. The molecule has 162 valence electrons. The summed E-state index contributed by atoms with van der Waals surface area (Å²) in [6, 6.07) is 3.88. The van der Waals surface area contributed by atoms with Crippen molar-refractivity contribution in [3.8, 4) is 0 Å². The van der Waals surface area contributed by atoms with Crippen LogP contribution in [0.2, 0.25) is 0 Å². The van der Waals surface area contributed by atoms with Crippen molar-refractivity contribution in [2.24, 2.45) is 0 Å². The van der Waals surface area contributed by atoms with Gasteiger partial charge in [0.15, 0.2) is 0 Å². The van der Waals surface area contributed by atoms with Crippen LogP contribution >= 0.6 is 11.3 Å². The zero-order valence-corrected chi connectivity index (χ0v) is 16.7. The van der Waals surface area contributed by atoms with Gasteiger partial charge in [-0.1, -0.05) is 13.0 Å². The van der Waals surface area contributed by atoms with Gasteiger partial charge in [-0.3, -0.25) is 19.3 Å². The Morgan fingerprint density at radius 2 is 2.07 bits per heavy atom. The third-order valence-corrected chi connectivity index (χ3v) is 5.53. The number of nitrogens with one attached hydrogen (secondary N) is 2. The van der Waals surface area contributed by atoms with E-state index in [1.54, 1.807) is 12.1 Å². The maximum atomic E-state index is 12.6. The normalized spacial score (nSPS) is 21.4. The summed E-state index contributed by atoms with van der Waals surface area (Å²) in [6.45, 7) is 1.90. The fourth-order valence-electron chi connectivity index (χ4n) is 3.32. The minimum atomic E-state index is -4.80. The maximum absolute atomic E-state index is 12.6. The highest BCUT2D eigenvalue weighted by atomic mass is 32.1. The minimum Gasteiger partial charge on any atom is -0.391 e. The number of carbonyl (C=O) groups excluding carboxylic acids is 2. The second-order valence-electron chi connectivity index (χ2n) is 6.85. The van der Waals surface area contributed by atoms with Crippen LogP contribution in [0.15, 0.2) is 29.9 Å². The number of anilines is 1. The number of nitrogens with zero attached hydrogens (tertiary/aromatic N) is 1. The fraction of sp³-hybridized carbons (Fsp3) is 0.421. The molecule has 3 atom stereocenters. The van der Waals surface area contributed by atoms with Crippen molar-refractivity contribution in [3.05, 3.63) is 45.9 Å². The molecule has 3 N–H and O–H groups in total. The van der Waals surface area contributed by atoms with E-state index in [0.29, 0.717) is 17.0 Å². The first kappa shape index (κ1) is 22.2. The predicted molar refractivity (Wildman–Crippen MR) is 103 cm³/mol. The molecule has 11 heteroatoms. The molecule has 0 spiro atoms. The van der Waals surface area contributed by atoms with Gasteiger partial charge in [0, 0.05) is 17.7 Å². The monoisotopic (exact) mass is 443 g/mol. The second kappa shape index (κ2) is 9.11. The Morgan fingerprint density at radius 3 is 2.70 bits per heavy atom. The smallest absolute Gasteiger partial charge is 0.391 e. The number of hydrogen-bond acceptors (Lipinski definition) is 6. The molecule has 1 heterocycles. The number of rotatable bonds is 6. The van der Waals surface area contributed by atoms with E-state index in [1.165, 1.54) is 29.1 Å². The summed E-state index contributed by atoms with van der Waals surface area (Å²) in [6.07, 6.45) is -5.52. The van der Waals surface area contributed by atoms with E-state index in [2.05, 4.69) is 20.4 Å². The zero-order chi connectivity index (χ0) is 21.9. The van der Waals surface area contributed by atoms with Gasteiger partial charge < -0.3 is 15.7 Å². The molecule has 30 heavy (non-hydrogen) atoms. The highest BCUT2D eigenvalue weighted by Gasteiger charge is 2.41. The van der Waals surface area contributed by atoms with Crippen molar-refractivity contribution in [3.63, 3.8) is 0 Å². The van der Waals surface area contributed by atoms with E-state index in [4.69, 9.17) is 0 Å². The average Bonchev–Trinajstić information content (AvgIpc) is 3.31. The molecule has 1 aromatic carbocycles. The Morgan fingerprint density at radius 1 is 1.30 bits per heavy atom. The van der Waals surface area contributed by atoms with Gasteiger partial charge in [-0.15, -0.1) is 24.5 Å². The van der Waals surface area contributed by atoms with Gasteiger partial charge in [-0.05, 0) is 30.5 Å². The molecular formula is C19H20F3N3O4S. The summed E-state index contributed by atoms with van der Waals surface area (Å²) in [5.41, 5.74) is 3.00. The summed E-state index contributed by atoms with van der Waals surface area (Å²) >= 11 is 1.18. The van der Waals surface area contributed by atoms with Crippen LogP contribution in [0.3, 0.4) is 0 Å². The summed E-state index contributed by atoms with van der Waals surface area (Å²) in [5, 5.41) is 15.3. The number of hydrogen-bond donors (Lipinski definition) is 3. The third kappa shape index (κ3) is 5.55. The number of aliphatic hydroxyl groups excluding tert-OH is 1. The lowest BCUT2D eigenvalue weighted by Gasteiger charge is -2.17. The molecule has 1 saturated carbocycles. The molecule has 0 aliphatic heterocycles. The summed E-state index contributed by atoms with van der Waals surface area (Å²) in [5.74, 6) is -0.925. The highest BCUT2D eigenvalue weighted by Crippen LogP contribution is 2.29. The standard InChI is InChI=1S/C19H20F3N3O4S/c1-2-10-3-4-11(5-13(10)24-18(28)16-8-23-9-30-16)17(27)25-14-6-12(7-15(14)26)29-19(20,21)22/h3-5,8-9,12,14-15,26H,2,6-7H2,1H3,(H,24,28)(H,25,27)/t12-,14-,15-/m0/s1. The number of benzene rings is 1. The summed E-state index contributed by atoms with van der Waals surface area (Å²) < 4.78 is 41.1. The largest absolute Gasteiger partial charge is 0.522 e. The average molecular weight is 443 g/mol. The molecule has 7 nitrogen and oxygen atoms in total. The number of ether oxygens (including phenoxy) is 1. The quantitative estimate of drug-likeness (QED) is 0.637. The Bertz CT molecular complexity index is 905. The van der Waals surface area contributed by atoms with Crippen LogP contribution < -0.4 is 10.6 Å². The van der Waals surface area contributed by atoms with Crippen LogP contribution in [0.25, 0.3) is 0 Å². The number of halogens is 3. The molecule has 1 fully saturated rings.